The summed E-state index contributed by atoms with van der Waals surface area (Å²) >= 11 is 1.43. The van der Waals surface area contributed by atoms with E-state index in [1.165, 1.54) is 36.7 Å². The van der Waals surface area contributed by atoms with Crippen LogP contribution in [0.15, 0.2) is 30.3 Å². The summed E-state index contributed by atoms with van der Waals surface area (Å²) in [5.74, 6) is -1.09. The number of halogens is 1. The molecule has 6 heteroatoms. The van der Waals surface area contributed by atoms with Crippen LogP contribution in [-0.2, 0) is 22.4 Å². The Hall–Kier alpha value is -2.47. The van der Waals surface area contributed by atoms with Gasteiger partial charge in [-0.3, -0.25) is 4.79 Å². The quantitative estimate of drug-likeness (QED) is 0.677. The number of aryl methyl sites for hydroxylation is 1. The Morgan fingerprint density at radius 2 is 2.00 bits per heavy atom. The van der Waals surface area contributed by atoms with Crippen molar-refractivity contribution in [1.29, 1.82) is 0 Å². The molecule has 0 spiro atoms. The maximum atomic E-state index is 12.9. The zero-order valence-electron chi connectivity index (χ0n) is 13.1. The molecule has 1 aliphatic carbocycles. The molecular formula is C18H16FNO3S. The molecule has 0 aliphatic heterocycles. The predicted octanol–water partition coefficient (Wildman–Crippen LogP) is 3.81. The Kier molecular flexibility index (Phi) is 4.76. The van der Waals surface area contributed by atoms with Crippen molar-refractivity contribution < 1.29 is 18.7 Å². The maximum Gasteiger partial charge on any atom is 0.341 e. The number of carbonyl (C=O) groups excluding carboxylic acids is 2. The Labute approximate surface area is 143 Å². The Bertz CT molecular complexity index is 808. The topological polar surface area (TPSA) is 55.4 Å². The first kappa shape index (κ1) is 16.4. The Morgan fingerprint density at radius 1 is 1.25 bits per heavy atom. The fourth-order valence-electron chi connectivity index (χ4n) is 2.71. The highest BCUT2D eigenvalue weighted by atomic mass is 32.1. The Morgan fingerprint density at radius 3 is 2.71 bits per heavy atom. The summed E-state index contributed by atoms with van der Waals surface area (Å²) in [6.07, 6.45) is 5.72. The van der Waals surface area contributed by atoms with E-state index in [-0.39, 0.29) is 11.7 Å². The lowest BCUT2D eigenvalue weighted by Crippen LogP contribution is -2.12. The van der Waals surface area contributed by atoms with Crippen LogP contribution >= 0.6 is 11.3 Å². The fraction of sp³-hybridized carbons (Fsp3) is 0.222. The lowest BCUT2D eigenvalue weighted by atomic mass is 10.1. The average Bonchev–Trinajstić information content (AvgIpc) is 3.14. The highest BCUT2D eigenvalue weighted by molar-refractivity contribution is 7.17. The second-order valence-corrected chi connectivity index (χ2v) is 6.53. The van der Waals surface area contributed by atoms with Gasteiger partial charge in [0.15, 0.2) is 0 Å². The number of fused-ring (bicyclic) bond motifs is 1. The van der Waals surface area contributed by atoms with E-state index in [1.54, 1.807) is 18.2 Å². The van der Waals surface area contributed by atoms with E-state index in [4.69, 9.17) is 4.74 Å². The molecule has 124 valence electrons. The minimum Gasteiger partial charge on any atom is -0.465 e. The SMILES string of the molecule is COC(=O)c1c(NC(=O)C=Cc2ccc(F)cc2)sc2c1CCC2. The molecule has 1 amide bonds. The molecule has 4 nitrogen and oxygen atoms in total. The van der Waals surface area contributed by atoms with Crippen LogP contribution in [0.1, 0.15) is 32.8 Å². The van der Waals surface area contributed by atoms with Gasteiger partial charge in [-0.05, 0) is 48.6 Å². The van der Waals surface area contributed by atoms with Crippen molar-refractivity contribution in [3.05, 3.63) is 57.7 Å². The maximum absolute atomic E-state index is 12.9. The molecule has 1 aromatic carbocycles. The van der Waals surface area contributed by atoms with Gasteiger partial charge in [-0.25, -0.2) is 9.18 Å². The van der Waals surface area contributed by atoms with Gasteiger partial charge in [-0.15, -0.1) is 11.3 Å². The second kappa shape index (κ2) is 6.97. The lowest BCUT2D eigenvalue weighted by molar-refractivity contribution is -0.111. The van der Waals surface area contributed by atoms with Gasteiger partial charge in [-0.1, -0.05) is 12.1 Å². The smallest absolute Gasteiger partial charge is 0.341 e. The molecule has 0 radical (unpaired) electrons. The van der Waals surface area contributed by atoms with Gasteiger partial charge < -0.3 is 10.1 Å². The van der Waals surface area contributed by atoms with Gasteiger partial charge in [0.2, 0.25) is 5.91 Å². The molecule has 2 aromatic rings. The van der Waals surface area contributed by atoms with Crippen molar-refractivity contribution >= 4 is 34.3 Å². The molecule has 0 fully saturated rings. The first-order valence-electron chi connectivity index (χ1n) is 7.56. The summed E-state index contributed by atoms with van der Waals surface area (Å²) < 4.78 is 17.7. The molecule has 3 rings (SSSR count). The van der Waals surface area contributed by atoms with E-state index in [1.807, 2.05) is 0 Å². The van der Waals surface area contributed by atoms with Gasteiger partial charge in [-0.2, -0.15) is 0 Å². The molecule has 0 unspecified atom stereocenters. The number of hydrogen-bond acceptors (Lipinski definition) is 4. The lowest BCUT2D eigenvalue weighted by Gasteiger charge is -2.05. The van der Waals surface area contributed by atoms with Crippen LogP contribution in [0.25, 0.3) is 6.08 Å². The van der Waals surface area contributed by atoms with Crippen molar-refractivity contribution in [1.82, 2.24) is 0 Å². The van der Waals surface area contributed by atoms with E-state index < -0.39 is 5.97 Å². The van der Waals surface area contributed by atoms with E-state index in [0.29, 0.717) is 16.1 Å². The third kappa shape index (κ3) is 3.38. The zero-order valence-corrected chi connectivity index (χ0v) is 13.9. The largest absolute Gasteiger partial charge is 0.465 e. The number of carbonyl (C=O) groups is 2. The minimum absolute atomic E-state index is 0.326. The van der Waals surface area contributed by atoms with E-state index in [0.717, 1.165) is 29.7 Å². The first-order valence-corrected chi connectivity index (χ1v) is 8.37. The molecular weight excluding hydrogens is 329 g/mol. The third-order valence-electron chi connectivity index (χ3n) is 3.84. The normalized spacial score (nSPS) is 13.1. The molecule has 0 bridgehead atoms. The molecule has 1 aliphatic rings. The average molecular weight is 345 g/mol. The summed E-state index contributed by atoms with van der Waals surface area (Å²) in [5, 5.41) is 3.28. The number of amides is 1. The van der Waals surface area contributed by atoms with Crippen LogP contribution in [0.4, 0.5) is 9.39 Å². The second-order valence-electron chi connectivity index (χ2n) is 5.43. The summed E-state index contributed by atoms with van der Waals surface area (Å²) in [6.45, 7) is 0. The highest BCUT2D eigenvalue weighted by Gasteiger charge is 2.27. The van der Waals surface area contributed by atoms with Crippen LogP contribution in [0.5, 0.6) is 0 Å². The van der Waals surface area contributed by atoms with Crippen molar-refractivity contribution in [2.75, 3.05) is 12.4 Å². The van der Waals surface area contributed by atoms with Crippen LogP contribution in [0, 0.1) is 5.82 Å². The number of benzene rings is 1. The summed E-state index contributed by atoms with van der Waals surface area (Å²) in [5.41, 5.74) is 2.18. The number of ether oxygens (including phenoxy) is 1. The van der Waals surface area contributed by atoms with Crippen LogP contribution in [0.3, 0.4) is 0 Å². The number of rotatable bonds is 4. The first-order chi connectivity index (χ1) is 11.6. The van der Waals surface area contributed by atoms with Crippen molar-refractivity contribution in [2.45, 2.75) is 19.3 Å². The number of anilines is 1. The molecule has 1 heterocycles. The van der Waals surface area contributed by atoms with Gasteiger partial charge in [0, 0.05) is 11.0 Å². The summed E-state index contributed by atoms with van der Waals surface area (Å²) in [4.78, 5) is 25.3. The minimum atomic E-state index is -0.424. The van der Waals surface area contributed by atoms with Gasteiger partial charge in [0.1, 0.15) is 10.8 Å². The fourth-order valence-corrected chi connectivity index (χ4v) is 3.99. The molecule has 1 N–H and O–H groups in total. The predicted molar refractivity (Wildman–Crippen MR) is 91.7 cm³/mol. The molecule has 0 atom stereocenters. The molecule has 0 saturated carbocycles. The van der Waals surface area contributed by atoms with Crippen LogP contribution in [-0.4, -0.2) is 19.0 Å². The van der Waals surface area contributed by atoms with Crippen molar-refractivity contribution in [2.24, 2.45) is 0 Å². The van der Waals surface area contributed by atoms with Gasteiger partial charge in [0.25, 0.3) is 0 Å². The van der Waals surface area contributed by atoms with Gasteiger partial charge >= 0.3 is 5.97 Å². The standard InChI is InChI=1S/C18H16FNO3S/c1-23-18(22)16-13-3-2-4-14(13)24-17(16)20-15(21)10-7-11-5-8-12(19)9-6-11/h5-10H,2-4H2,1H3,(H,20,21). The van der Waals surface area contributed by atoms with Crippen molar-refractivity contribution in [3.63, 3.8) is 0 Å². The monoisotopic (exact) mass is 345 g/mol. The number of thiophene rings is 1. The number of methoxy groups -OCH3 is 1. The van der Waals surface area contributed by atoms with Crippen molar-refractivity contribution in [3.8, 4) is 0 Å². The summed E-state index contributed by atoms with van der Waals surface area (Å²) in [6, 6.07) is 5.82. The van der Waals surface area contributed by atoms with Crippen LogP contribution < -0.4 is 5.32 Å². The third-order valence-corrected chi connectivity index (χ3v) is 5.05. The number of nitrogens with one attached hydrogen (secondary N) is 1. The van der Waals surface area contributed by atoms with Crippen LogP contribution in [0.2, 0.25) is 0 Å². The highest BCUT2D eigenvalue weighted by Crippen LogP contribution is 2.39. The number of esters is 1. The number of hydrogen-bond donors (Lipinski definition) is 1. The van der Waals surface area contributed by atoms with E-state index in [2.05, 4.69) is 5.32 Å². The summed E-state index contributed by atoms with van der Waals surface area (Å²) in [7, 11) is 1.33. The van der Waals surface area contributed by atoms with Gasteiger partial charge in [0.05, 0.1) is 12.7 Å². The van der Waals surface area contributed by atoms with E-state index in [9.17, 15) is 14.0 Å². The zero-order chi connectivity index (χ0) is 17.1. The van der Waals surface area contributed by atoms with E-state index >= 15 is 0 Å². The Balaban J connectivity index is 1.77. The molecule has 0 saturated heterocycles. The molecule has 1 aromatic heterocycles. The molecule has 24 heavy (non-hydrogen) atoms.